The maximum Gasteiger partial charge on any atom is 0.369 e. The van der Waals surface area contributed by atoms with Crippen molar-refractivity contribution in [2.75, 3.05) is 0 Å². The standard InChI is InChI=1S/C10H22O7P2/c1-9(2)5-3-8(4-6-9)7-10(11,18(12,13)14)19(15,16)17/h8,11H,3-7H2,1-2H3,(H2,12,13,14)(H2,15,16,17). The second-order valence-corrected chi connectivity index (χ2v) is 10.2. The molecule has 5 N–H and O–H groups in total. The van der Waals surface area contributed by atoms with E-state index in [9.17, 15) is 14.2 Å². The number of hydrogen-bond acceptors (Lipinski definition) is 3. The molecule has 0 aromatic rings. The highest BCUT2D eigenvalue weighted by atomic mass is 31.2. The Morgan fingerprint density at radius 3 is 1.74 bits per heavy atom. The summed E-state index contributed by atoms with van der Waals surface area (Å²) in [6.45, 7) is 4.14. The van der Waals surface area contributed by atoms with E-state index in [1.807, 2.05) is 0 Å². The zero-order chi connectivity index (χ0) is 15.1. The van der Waals surface area contributed by atoms with Crippen LogP contribution in [-0.4, -0.2) is 29.8 Å². The van der Waals surface area contributed by atoms with Crippen LogP contribution in [0.3, 0.4) is 0 Å². The number of rotatable bonds is 4. The van der Waals surface area contributed by atoms with Gasteiger partial charge in [0.2, 0.25) is 0 Å². The van der Waals surface area contributed by atoms with Gasteiger partial charge >= 0.3 is 15.2 Å². The summed E-state index contributed by atoms with van der Waals surface area (Å²) in [5.74, 6) is -0.293. The molecule has 0 aromatic carbocycles. The normalized spacial score (nSPS) is 22.5. The SMILES string of the molecule is CC1(C)CCC(CC(O)(P(=O)(O)O)P(=O)(O)O)CC1. The third-order valence-electron chi connectivity index (χ3n) is 3.95. The van der Waals surface area contributed by atoms with E-state index in [0.29, 0.717) is 12.8 Å². The van der Waals surface area contributed by atoms with E-state index in [4.69, 9.17) is 19.6 Å². The Balaban J connectivity index is 2.88. The Bertz CT molecular complexity index is 390. The van der Waals surface area contributed by atoms with Gasteiger partial charge in [0.25, 0.3) is 5.08 Å². The first-order chi connectivity index (χ1) is 8.29. The first-order valence-corrected chi connectivity index (χ1v) is 9.35. The van der Waals surface area contributed by atoms with Gasteiger partial charge in [-0.15, -0.1) is 0 Å². The number of hydrogen-bond donors (Lipinski definition) is 5. The fourth-order valence-electron chi connectivity index (χ4n) is 2.46. The molecule has 0 spiro atoms. The van der Waals surface area contributed by atoms with Crippen molar-refractivity contribution in [1.82, 2.24) is 0 Å². The van der Waals surface area contributed by atoms with E-state index in [1.165, 1.54) is 0 Å². The maximum absolute atomic E-state index is 11.3. The lowest BCUT2D eigenvalue weighted by Gasteiger charge is -2.38. The molecule has 0 bridgehead atoms. The molecular weight excluding hydrogens is 294 g/mol. The smallest absolute Gasteiger partial charge is 0.368 e. The summed E-state index contributed by atoms with van der Waals surface area (Å²) in [5.41, 5.74) is 0.124. The third-order valence-corrected chi connectivity index (χ3v) is 7.75. The van der Waals surface area contributed by atoms with E-state index in [1.54, 1.807) is 0 Å². The van der Waals surface area contributed by atoms with Gasteiger partial charge in [-0.25, -0.2) is 0 Å². The van der Waals surface area contributed by atoms with Gasteiger partial charge in [0, 0.05) is 6.42 Å². The Morgan fingerprint density at radius 2 is 1.42 bits per heavy atom. The zero-order valence-corrected chi connectivity index (χ0v) is 12.8. The lowest BCUT2D eigenvalue weighted by atomic mass is 9.72. The highest BCUT2D eigenvalue weighted by molar-refractivity contribution is 7.72. The summed E-state index contributed by atoms with van der Waals surface area (Å²) in [4.78, 5) is 36.3. The van der Waals surface area contributed by atoms with Crippen molar-refractivity contribution >= 4 is 15.2 Å². The van der Waals surface area contributed by atoms with Crippen LogP contribution >= 0.6 is 15.2 Å². The monoisotopic (exact) mass is 316 g/mol. The molecule has 0 heterocycles. The van der Waals surface area contributed by atoms with Crippen LogP contribution in [0.2, 0.25) is 0 Å². The van der Waals surface area contributed by atoms with Crippen LogP contribution in [0.5, 0.6) is 0 Å². The molecule has 0 saturated heterocycles. The molecule has 0 amide bonds. The third kappa shape index (κ3) is 3.88. The minimum atomic E-state index is -5.32. The lowest BCUT2D eigenvalue weighted by Crippen LogP contribution is -2.33. The van der Waals surface area contributed by atoms with Crippen LogP contribution in [0.4, 0.5) is 0 Å². The highest BCUT2D eigenvalue weighted by Crippen LogP contribution is 2.70. The van der Waals surface area contributed by atoms with Crippen LogP contribution in [-0.2, 0) is 9.13 Å². The van der Waals surface area contributed by atoms with Crippen LogP contribution in [0.25, 0.3) is 0 Å². The van der Waals surface area contributed by atoms with Gasteiger partial charge in [0.05, 0.1) is 0 Å². The average molecular weight is 316 g/mol. The Labute approximate surface area is 112 Å². The van der Waals surface area contributed by atoms with Crippen molar-refractivity contribution in [1.29, 1.82) is 0 Å². The molecule has 0 aliphatic heterocycles. The summed E-state index contributed by atoms with van der Waals surface area (Å²) in [6, 6.07) is 0. The molecule has 114 valence electrons. The first-order valence-electron chi connectivity index (χ1n) is 6.12. The molecule has 7 nitrogen and oxygen atoms in total. The summed E-state index contributed by atoms with van der Waals surface area (Å²) in [5, 5.41) is 6.58. The quantitative estimate of drug-likeness (QED) is 0.497. The maximum atomic E-state index is 11.3. The molecule has 0 radical (unpaired) electrons. The minimum absolute atomic E-state index is 0.124. The second kappa shape index (κ2) is 5.23. The van der Waals surface area contributed by atoms with Crippen molar-refractivity contribution in [3.63, 3.8) is 0 Å². The molecule has 9 heteroatoms. The van der Waals surface area contributed by atoms with E-state index in [-0.39, 0.29) is 11.3 Å². The topological polar surface area (TPSA) is 135 Å². The predicted octanol–water partition coefficient (Wildman–Crippen LogP) is 1.59. The van der Waals surface area contributed by atoms with Gasteiger partial charge in [-0.05, 0) is 37.0 Å². The summed E-state index contributed by atoms with van der Waals surface area (Å²) < 4.78 is 22.5. The minimum Gasteiger partial charge on any atom is -0.368 e. The van der Waals surface area contributed by atoms with Gasteiger partial charge in [-0.1, -0.05) is 13.8 Å². The molecule has 1 aliphatic rings. The van der Waals surface area contributed by atoms with Crippen molar-refractivity contribution in [3.05, 3.63) is 0 Å². The fourth-order valence-corrected chi connectivity index (χ4v) is 4.81. The van der Waals surface area contributed by atoms with Crippen LogP contribution < -0.4 is 0 Å². The predicted molar refractivity (Wildman–Crippen MR) is 69.4 cm³/mol. The molecule has 1 aliphatic carbocycles. The summed E-state index contributed by atoms with van der Waals surface area (Å²) in [7, 11) is -10.6. The molecule has 0 aromatic heterocycles. The first kappa shape index (κ1) is 17.3. The van der Waals surface area contributed by atoms with Gasteiger partial charge in [0.1, 0.15) is 0 Å². The Kier molecular flexibility index (Phi) is 4.76. The van der Waals surface area contributed by atoms with Crippen molar-refractivity contribution < 1.29 is 33.8 Å². The molecule has 0 unspecified atom stereocenters. The van der Waals surface area contributed by atoms with E-state index in [0.717, 1.165) is 12.8 Å². The largest absolute Gasteiger partial charge is 0.369 e. The van der Waals surface area contributed by atoms with Crippen molar-refractivity contribution in [2.45, 2.75) is 51.0 Å². The summed E-state index contributed by atoms with van der Waals surface area (Å²) >= 11 is 0. The van der Waals surface area contributed by atoms with Gasteiger partial charge in [0.15, 0.2) is 0 Å². The molecule has 0 atom stereocenters. The molecule has 1 rings (SSSR count). The highest BCUT2D eigenvalue weighted by Gasteiger charge is 2.60. The van der Waals surface area contributed by atoms with Crippen molar-refractivity contribution in [3.8, 4) is 0 Å². The fraction of sp³-hybridized carbons (Fsp3) is 1.00. The Hall–Kier alpha value is 0.260. The molecule has 1 saturated carbocycles. The van der Waals surface area contributed by atoms with E-state index < -0.39 is 26.7 Å². The average Bonchev–Trinajstić information content (AvgIpc) is 2.17. The van der Waals surface area contributed by atoms with Gasteiger partial charge < -0.3 is 24.7 Å². The molecular formula is C10H22O7P2. The molecule has 1 fully saturated rings. The van der Waals surface area contributed by atoms with Crippen molar-refractivity contribution in [2.24, 2.45) is 11.3 Å². The van der Waals surface area contributed by atoms with Crippen LogP contribution in [0.15, 0.2) is 0 Å². The lowest BCUT2D eigenvalue weighted by molar-refractivity contribution is 0.0848. The van der Waals surface area contributed by atoms with E-state index >= 15 is 0 Å². The van der Waals surface area contributed by atoms with Crippen LogP contribution in [0, 0.1) is 11.3 Å². The Morgan fingerprint density at radius 1 is 1.05 bits per heavy atom. The van der Waals surface area contributed by atoms with Gasteiger partial charge in [-0.3, -0.25) is 9.13 Å². The zero-order valence-electron chi connectivity index (χ0n) is 11.1. The van der Waals surface area contributed by atoms with E-state index in [2.05, 4.69) is 13.8 Å². The second-order valence-electron chi connectivity index (χ2n) is 6.17. The van der Waals surface area contributed by atoms with Crippen LogP contribution in [0.1, 0.15) is 46.0 Å². The molecule has 19 heavy (non-hydrogen) atoms. The summed E-state index contributed by atoms with van der Waals surface area (Å²) in [6.07, 6.45) is 2.22. The van der Waals surface area contributed by atoms with Gasteiger partial charge in [-0.2, -0.15) is 0 Å². The number of aliphatic hydroxyl groups is 1.